The second-order valence-corrected chi connectivity index (χ2v) is 6.47. The van der Waals surface area contributed by atoms with E-state index in [-0.39, 0.29) is 22.5 Å². The number of aromatic nitrogens is 1. The number of likely N-dealkylation sites (tertiary alicyclic amines) is 1. The normalized spacial score (nSPS) is 18.0. The van der Waals surface area contributed by atoms with Gasteiger partial charge in [-0.05, 0) is 30.9 Å². The fourth-order valence-corrected chi connectivity index (χ4v) is 3.13. The first kappa shape index (κ1) is 16.0. The van der Waals surface area contributed by atoms with Crippen LogP contribution >= 0.6 is 11.6 Å². The van der Waals surface area contributed by atoms with Gasteiger partial charge in [-0.2, -0.15) is 0 Å². The smallest absolute Gasteiger partial charge is 0.258 e. The van der Waals surface area contributed by atoms with Crippen molar-refractivity contribution in [3.05, 3.63) is 52.1 Å². The Kier molecular flexibility index (Phi) is 4.39. The van der Waals surface area contributed by atoms with Gasteiger partial charge in [-0.3, -0.25) is 4.79 Å². The third-order valence-electron chi connectivity index (χ3n) is 4.16. The lowest BCUT2D eigenvalue weighted by molar-refractivity contribution is 0.0710. The Labute approximate surface area is 139 Å². The minimum absolute atomic E-state index is 0.0790. The SMILES string of the molecule is CC(C)c1cc([C@H]2CCCN2C(=O)c2c(F)cccc2Cl)on1. The highest BCUT2D eigenvalue weighted by Crippen LogP contribution is 2.35. The summed E-state index contributed by atoms with van der Waals surface area (Å²) in [4.78, 5) is 14.4. The molecular formula is C17H18ClFN2O2. The molecule has 0 saturated carbocycles. The van der Waals surface area contributed by atoms with Gasteiger partial charge in [0.1, 0.15) is 5.82 Å². The van der Waals surface area contributed by atoms with Crippen molar-refractivity contribution in [2.24, 2.45) is 0 Å². The van der Waals surface area contributed by atoms with Gasteiger partial charge in [-0.1, -0.05) is 36.7 Å². The van der Waals surface area contributed by atoms with Crippen LogP contribution in [0, 0.1) is 5.82 Å². The molecule has 0 radical (unpaired) electrons. The largest absolute Gasteiger partial charge is 0.359 e. The first-order valence-corrected chi connectivity index (χ1v) is 8.08. The topological polar surface area (TPSA) is 46.3 Å². The van der Waals surface area contributed by atoms with Crippen LogP contribution < -0.4 is 0 Å². The Morgan fingerprint density at radius 3 is 2.91 bits per heavy atom. The molecule has 2 heterocycles. The molecule has 4 nitrogen and oxygen atoms in total. The number of benzene rings is 1. The van der Waals surface area contributed by atoms with Crippen molar-refractivity contribution in [2.45, 2.75) is 38.6 Å². The zero-order valence-corrected chi connectivity index (χ0v) is 13.8. The van der Waals surface area contributed by atoms with Gasteiger partial charge in [0.05, 0.1) is 22.3 Å². The predicted octanol–water partition coefficient (Wildman–Crippen LogP) is 4.57. The van der Waals surface area contributed by atoms with E-state index in [9.17, 15) is 9.18 Å². The van der Waals surface area contributed by atoms with Gasteiger partial charge < -0.3 is 9.42 Å². The fraction of sp³-hybridized carbons (Fsp3) is 0.412. The van der Waals surface area contributed by atoms with Gasteiger partial charge in [0.25, 0.3) is 5.91 Å². The number of rotatable bonds is 3. The molecular weight excluding hydrogens is 319 g/mol. The maximum absolute atomic E-state index is 14.0. The van der Waals surface area contributed by atoms with Crippen LogP contribution in [0.15, 0.2) is 28.8 Å². The van der Waals surface area contributed by atoms with Crippen LogP contribution in [0.3, 0.4) is 0 Å². The van der Waals surface area contributed by atoms with E-state index in [0.29, 0.717) is 12.3 Å². The summed E-state index contributed by atoms with van der Waals surface area (Å²) in [6.45, 7) is 4.60. The highest BCUT2D eigenvalue weighted by Gasteiger charge is 2.35. The number of nitrogens with zero attached hydrogens (tertiary/aromatic N) is 2. The number of carbonyl (C=O) groups is 1. The molecule has 122 valence electrons. The summed E-state index contributed by atoms with van der Waals surface area (Å²) < 4.78 is 19.4. The third-order valence-corrected chi connectivity index (χ3v) is 4.47. The quantitative estimate of drug-likeness (QED) is 0.825. The van der Waals surface area contributed by atoms with E-state index in [1.54, 1.807) is 4.90 Å². The molecule has 1 aromatic carbocycles. The van der Waals surface area contributed by atoms with Crippen molar-refractivity contribution in [3.63, 3.8) is 0 Å². The fourth-order valence-electron chi connectivity index (χ4n) is 2.88. The van der Waals surface area contributed by atoms with Gasteiger partial charge >= 0.3 is 0 Å². The maximum Gasteiger partial charge on any atom is 0.258 e. The lowest BCUT2D eigenvalue weighted by Gasteiger charge is -2.23. The van der Waals surface area contributed by atoms with E-state index in [1.807, 2.05) is 19.9 Å². The van der Waals surface area contributed by atoms with Crippen molar-refractivity contribution in [3.8, 4) is 0 Å². The summed E-state index contributed by atoms with van der Waals surface area (Å²) >= 11 is 6.02. The van der Waals surface area contributed by atoms with Gasteiger partial charge in [0.15, 0.2) is 5.76 Å². The average molecular weight is 337 g/mol. The minimum atomic E-state index is -0.603. The Bertz CT molecular complexity index is 709. The second-order valence-electron chi connectivity index (χ2n) is 6.06. The first-order chi connectivity index (χ1) is 11.0. The van der Waals surface area contributed by atoms with Crippen molar-refractivity contribution in [1.29, 1.82) is 0 Å². The lowest BCUT2D eigenvalue weighted by Crippen LogP contribution is -2.31. The molecule has 1 fully saturated rings. The molecule has 23 heavy (non-hydrogen) atoms. The van der Waals surface area contributed by atoms with Crippen LogP contribution in [0.4, 0.5) is 4.39 Å². The number of carbonyl (C=O) groups excluding carboxylic acids is 1. The number of halogens is 2. The summed E-state index contributed by atoms with van der Waals surface area (Å²) in [6.07, 6.45) is 1.60. The molecule has 3 rings (SSSR count). The third kappa shape index (κ3) is 2.98. The molecule has 0 spiro atoms. The van der Waals surface area contributed by atoms with E-state index in [2.05, 4.69) is 5.16 Å². The summed E-state index contributed by atoms with van der Waals surface area (Å²) in [5.74, 6) is -0.113. The number of amides is 1. The van der Waals surface area contributed by atoms with Crippen LogP contribution in [-0.4, -0.2) is 22.5 Å². The Morgan fingerprint density at radius 2 is 2.26 bits per heavy atom. The Hall–Kier alpha value is -1.88. The molecule has 0 unspecified atom stereocenters. The van der Waals surface area contributed by atoms with E-state index >= 15 is 0 Å². The van der Waals surface area contributed by atoms with E-state index in [4.69, 9.17) is 16.1 Å². The highest BCUT2D eigenvalue weighted by molar-refractivity contribution is 6.33. The maximum atomic E-state index is 14.0. The number of hydrogen-bond acceptors (Lipinski definition) is 3. The lowest BCUT2D eigenvalue weighted by atomic mass is 10.1. The summed E-state index contributed by atoms with van der Waals surface area (Å²) in [5, 5.41) is 4.17. The van der Waals surface area contributed by atoms with Crippen molar-refractivity contribution >= 4 is 17.5 Å². The standard InChI is InChI=1S/C17H18ClFN2O2/c1-10(2)13-9-15(23-20-13)14-7-4-8-21(14)17(22)16-11(18)5-3-6-12(16)19/h3,5-6,9-10,14H,4,7-8H2,1-2H3/t14-/m1/s1. The molecule has 0 N–H and O–H groups in total. The van der Waals surface area contributed by atoms with Crippen LogP contribution in [0.1, 0.15) is 60.5 Å². The zero-order valence-electron chi connectivity index (χ0n) is 13.1. The molecule has 2 aromatic rings. The highest BCUT2D eigenvalue weighted by atomic mass is 35.5. The Balaban J connectivity index is 1.90. The van der Waals surface area contributed by atoms with Crippen LogP contribution in [0.5, 0.6) is 0 Å². The van der Waals surface area contributed by atoms with Crippen LogP contribution in [-0.2, 0) is 0 Å². The van der Waals surface area contributed by atoms with Crippen LogP contribution in [0.25, 0.3) is 0 Å². The summed E-state index contributed by atoms with van der Waals surface area (Å²) in [7, 11) is 0. The molecule has 1 aliphatic heterocycles. The van der Waals surface area contributed by atoms with E-state index < -0.39 is 11.7 Å². The molecule has 0 aliphatic carbocycles. The minimum Gasteiger partial charge on any atom is -0.359 e. The van der Waals surface area contributed by atoms with Crippen LogP contribution in [0.2, 0.25) is 5.02 Å². The van der Waals surface area contributed by atoms with E-state index in [0.717, 1.165) is 18.5 Å². The number of hydrogen-bond donors (Lipinski definition) is 0. The molecule has 1 saturated heterocycles. The predicted molar refractivity (Wildman–Crippen MR) is 85.0 cm³/mol. The summed E-state index contributed by atoms with van der Waals surface area (Å²) in [6, 6.07) is 5.91. The molecule has 1 aromatic heterocycles. The van der Waals surface area contributed by atoms with E-state index in [1.165, 1.54) is 18.2 Å². The average Bonchev–Trinajstić information content (AvgIpc) is 3.15. The van der Waals surface area contributed by atoms with Gasteiger partial charge in [-0.15, -0.1) is 0 Å². The molecule has 1 aliphatic rings. The Morgan fingerprint density at radius 1 is 1.48 bits per heavy atom. The second kappa shape index (κ2) is 6.32. The van der Waals surface area contributed by atoms with Crippen molar-refractivity contribution in [2.75, 3.05) is 6.54 Å². The van der Waals surface area contributed by atoms with Crippen molar-refractivity contribution in [1.82, 2.24) is 10.1 Å². The molecule has 1 amide bonds. The summed E-state index contributed by atoms with van der Waals surface area (Å²) in [5.41, 5.74) is 0.771. The molecule has 1 atom stereocenters. The van der Waals surface area contributed by atoms with Gasteiger partial charge in [-0.25, -0.2) is 4.39 Å². The molecule has 0 bridgehead atoms. The van der Waals surface area contributed by atoms with Crippen molar-refractivity contribution < 1.29 is 13.7 Å². The molecule has 6 heteroatoms. The zero-order chi connectivity index (χ0) is 16.6. The van der Waals surface area contributed by atoms with Gasteiger partial charge in [0, 0.05) is 12.6 Å². The monoisotopic (exact) mass is 336 g/mol. The van der Waals surface area contributed by atoms with Gasteiger partial charge in [0.2, 0.25) is 0 Å². The first-order valence-electron chi connectivity index (χ1n) is 7.70.